The zero-order valence-electron chi connectivity index (χ0n) is 11.7. The van der Waals surface area contributed by atoms with E-state index in [9.17, 15) is 18.0 Å². The van der Waals surface area contributed by atoms with Gasteiger partial charge in [-0.25, -0.2) is 13.3 Å². The summed E-state index contributed by atoms with van der Waals surface area (Å²) in [6.07, 6.45) is 2.42. The number of hydrogen-bond acceptors (Lipinski definition) is 5. The van der Waals surface area contributed by atoms with Gasteiger partial charge in [0.2, 0.25) is 0 Å². The summed E-state index contributed by atoms with van der Waals surface area (Å²) in [5, 5.41) is 0. The average Bonchev–Trinajstić information content (AvgIpc) is 2.87. The van der Waals surface area contributed by atoms with Crippen molar-refractivity contribution in [2.45, 2.75) is 4.90 Å². The largest absolute Gasteiger partial charge is 0.457 e. The van der Waals surface area contributed by atoms with Crippen LogP contribution in [0.25, 0.3) is 0 Å². The van der Waals surface area contributed by atoms with Gasteiger partial charge in [0, 0.05) is 12.2 Å². The van der Waals surface area contributed by atoms with Crippen LogP contribution >= 0.6 is 0 Å². The first-order chi connectivity index (χ1) is 11.0. The second kappa shape index (κ2) is 6.05. The number of imide groups is 1. The zero-order chi connectivity index (χ0) is 16.4. The van der Waals surface area contributed by atoms with Gasteiger partial charge in [0.25, 0.3) is 11.8 Å². The van der Waals surface area contributed by atoms with Crippen molar-refractivity contribution < 1.29 is 22.7 Å². The van der Waals surface area contributed by atoms with Gasteiger partial charge in [-0.05, 0) is 42.5 Å². The third-order valence-electron chi connectivity index (χ3n) is 3.17. The SMILES string of the molecule is O=C1C=CC(=O)N1c1ccc(Oc2cccc([SH](=O)=O)c2)cc1. The van der Waals surface area contributed by atoms with Crippen LogP contribution in [0, 0.1) is 0 Å². The van der Waals surface area contributed by atoms with Crippen LogP contribution in [0.5, 0.6) is 11.5 Å². The fraction of sp³-hybridized carbons (Fsp3) is 0. The summed E-state index contributed by atoms with van der Waals surface area (Å²) in [7, 11) is -2.68. The Morgan fingerprint density at radius 1 is 0.826 bits per heavy atom. The first-order valence-electron chi connectivity index (χ1n) is 6.63. The van der Waals surface area contributed by atoms with Crippen LogP contribution in [-0.2, 0) is 20.3 Å². The number of ether oxygens (including phenoxy) is 1. The molecule has 0 saturated heterocycles. The molecule has 0 fully saturated rings. The van der Waals surface area contributed by atoms with Crippen molar-refractivity contribution in [3.05, 3.63) is 60.7 Å². The van der Waals surface area contributed by atoms with Crippen molar-refractivity contribution in [3.8, 4) is 11.5 Å². The maximum Gasteiger partial charge on any atom is 0.258 e. The molecule has 1 aliphatic rings. The van der Waals surface area contributed by atoms with Crippen LogP contribution in [-0.4, -0.2) is 20.2 Å². The van der Waals surface area contributed by atoms with Crippen molar-refractivity contribution in [1.29, 1.82) is 0 Å². The molecule has 2 aromatic carbocycles. The molecule has 0 bridgehead atoms. The molecular formula is C16H11NO5S. The first-order valence-corrected chi connectivity index (χ1v) is 7.81. The summed E-state index contributed by atoms with van der Waals surface area (Å²) in [5.74, 6) is 0.0507. The van der Waals surface area contributed by atoms with E-state index in [0.29, 0.717) is 17.2 Å². The Bertz CT molecular complexity index is 858. The molecule has 1 heterocycles. The molecule has 0 radical (unpaired) electrons. The monoisotopic (exact) mass is 329 g/mol. The van der Waals surface area contributed by atoms with Gasteiger partial charge < -0.3 is 4.74 Å². The molecule has 2 aromatic rings. The van der Waals surface area contributed by atoms with E-state index in [1.54, 1.807) is 36.4 Å². The van der Waals surface area contributed by atoms with Gasteiger partial charge in [-0.15, -0.1) is 0 Å². The number of rotatable bonds is 4. The summed E-state index contributed by atoms with van der Waals surface area (Å²) in [6.45, 7) is 0. The quantitative estimate of drug-likeness (QED) is 0.684. The molecule has 116 valence electrons. The van der Waals surface area contributed by atoms with Crippen LogP contribution in [0.3, 0.4) is 0 Å². The Kier molecular flexibility index (Phi) is 3.94. The molecule has 0 aromatic heterocycles. The van der Waals surface area contributed by atoms with Crippen LogP contribution in [0.2, 0.25) is 0 Å². The lowest BCUT2D eigenvalue weighted by Gasteiger charge is -2.14. The predicted molar refractivity (Wildman–Crippen MR) is 83.2 cm³/mol. The van der Waals surface area contributed by atoms with Crippen molar-refractivity contribution in [2.24, 2.45) is 0 Å². The highest BCUT2D eigenvalue weighted by Crippen LogP contribution is 2.26. The van der Waals surface area contributed by atoms with Gasteiger partial charge in [-0.1, -0.05) is 6.07 Å². The van der Waals surface area contributed by atoms with Crippen LogP contribution in [0.15, 0.2) is 65.6 Å². The summed E-state index contributed by atoms with van der Waals surface area (Å²) in [6, 6.07) is 12.4. The lowest BCUT2D eigenvalue weighted by atomic mass is 10.2. The van der Waals surface area contributed by atoms with Crippen LogP contribution in [0.4, 0.5) is 5.69 Å². The number of anilines is 1. The van der Waals surface area contributed by atoms with Gasteiger partial charge >= 0.3 is 0 Å². The van der Waals surface area contributed by atoms with Crippen molar-refractivity contribution in [1.82, 2.24) is 0 Å². The summed E-state index contributed by atoms with van der Waals surface area (Å²) < 4.78 is 27.5. The Labute approximate surface area is 133 Å². The highest BCUT2D eigenvalue weighted by atomic mass is 32.2. The number of carbonyl (C=O) groups is 2. The zero-order valence-corrected chi connectivity index (χ0v) is 12.6. The molecule has 0 aliphatic carbocycles. The van der Waals surface area contributed by atoms with E-state index in [1.807, 2.05) is 0 Å². The highest BCUT2D eigenvalue weighted by molar-refractivity contribution is 7.72. The van der Waals surface area contributed by atoms with Gasteiger partial charge in [0.15, 0.2) is 10.7 Å². The van der Waals surface area contributed by atoms with E-state index < -0.39 is 22.5 Å². The van der Waals surface area contributed by atoms with Crippen LogP contribution in [0.1, 0.15) is 0 Å². The molecule has 0 spiro atoms. The number of benzene rings is 2. The molecule has 0 atom stereocenters. The number of nitrogens with zero attached hydrogens (tertiary/aromatic N) is 1. The van der Waals surface area contributed by atoms with E-state index in [1.165, 1.54) is 24.3 Å². The van der Waals surface area contributed by atoms with Crippen LogP contribution < -0.4 is 9.64 Å². The van der Waals surface area contributed by atoms with Gasteiger partial charge in [-0.2, -0.15) is 0 Å². The van der Waals surface area contributed by atoms with E-state index in [-0.39, 0.29) is 4.90 Å². The minimum atomic E-state index is -2.68. The molecule has 0 N–H and O–H groups in total. The topological polar surface area (TPSA) is 80.8 Å². The molecule has 0 saturated carbocycles. The third kappa shape index (κ3) is 3.14. The summed E-state index contributed by atoms with van der Waals surface area (Å²) in [5.41, 5.74) is 0.439. The minimum Gasteiger partial charge on any atom is -0.457 e. The van der Waals surface area contributed by atoms with E-state index >= 15 is 0 Å². The Balaban J connectivity index is 1.79. The molecule has 23 heavy (non-hydrogen) atoms. The molecule has 1 aliphatic heterocycles. The lowest BCUT2D eigenvalue weighted by molar-refractivity contribution is -0.119. The minimum absolute atomic E-state index is 0.161. The number of carbonyl (C=O) groups excluding carboxylic acids is 2. The second-order valence-electron chi connectivity index (χ2n) is 4.70. The maximum absolute atomic E-state index is 11.6. The first kappa shape index (κ1) is 15.0. The molecule has 0 unspecified atom stereocenters. The fourth-order valence-electron chi connectivity index (χ4n) is 2.11. The van der Waals surface area contributed by atoms with E-state index in [2.05, 4.69) is 0 Å². The Morgan fingerprint density at radius 3 is 2.09 bits per heavy atom. The van der Waals surface area contributed by atoms with Gasteiger partial charge in [-0.3, -0.25) is 9.59 Å². The molecule has 3 rings (SSSR count). The molecule has 7 heteroatoms. The summed E-state index contributed by atoms with van der Waals surface area (Å²) in [4.78, 5) is 24.4. The molecule has 2 amide bonds. The number of thiol groups is 1. The highest BCUT2D eigenvalue weighted by Gasteiger charge is 2.24. The van der Waals surface area contributed by atoms with Gasteiger partial charge in [0.05, 0.1) is 10.6 Å². The number of amides is 2. The smallest absolute Gasteiger partial charge is 0.258 e. The van der Waals surface area contributed by atoms with E-state index in [4.69, 9.17) is 4.74 Å². The lowest BCUT2D eigenvalue weighted by Crippen LogP contribution is -2.29. The Morgan fingerprint density at radius 2 is 1.48 bits per heavy atom. The average molecular weight is 329 g/mol. The predicted octanol–water partition coefficient (Wildman–Crippen LogP) is 1.88. The maximum atomic E-state index is 11.6. The van der Waals surface area contributed by atoms with Crippen molar-refractivity contribution in [3.63, 3.8) is 0 Å². The molecular weight excluding hydrogens is 318 g/mol. The normalized spacial score (nSPS) is 13.9. The van der Waals surface area contributed by atoms with Crippen molar-refractivity contribution >= 4 is 28.2 Å². The summed E-state index contributed by atoms with van der Waals surface area (Å²) >= 11 is 0. The standard InChI is InChI=1S/C16H11NO5S/c18-15-8-9-16(19)17(15)11-4-6-12(7-5-11)22-13-2-1-3-14(10-13)23(20)21/h1-10,23H. The number of hydrogen-bond donors (Lipinski definition) is 1. The van der Waals surface area contributed by atoms with Gasteiger partial charge in [0.1, 0.15) is 11.5 Å². The second-order valence-corrected chi connectivity index (χ2v) is 5.73. The Hall–Kier alpha value is -2.93. The van der Waals surface area contributed by atoms with Crippen molar-refractivity contribution in [2.75, 3.05) is 4.90 Å². The molecule has 6 nitrogen and oxygen atoms in total. The third-order valence-corrected chi connectivity index (χ3v) is 3.87. The van der Waals surface area contributed by atoms with E-state index in [0.717, 1.165) is 4.90 Å². The fourth-order valence-corrected chi connectivity index (χ4v) is 2.56.